The second kappa shape index (κ2) is 5.49. The van der Waals surface area contributed by atoms with E-state index in [-0.39, 0.29) is 6.04 Å². The van der Waals surface area contributed by atoms with Crippen molar-refractivity contribution in [2.45, 2.75) is 39.7 Å². The summed E-state index contributed by atoms with van der Waals surface area (Å²) < 4.78 is 5.73. The molecule has 1 aromatic rings. The van der Waals surface area contributed by atoms with Crippen LogP contribution in [0.4, 0.5) is 6.01 Å². The number of piperidine rings is 1. The maximum atomic E-state index is 5.73. The number of anilines is 1. The lowest BCUT2D eigenvalue weighted by Crippen LogP contribution is -2.34. The first-order chi connectivity index (χ1) is 8.20. The topological polar surface area (TPSA) is 54.2 Å². The lowest BCUT2D eigenvalue weighted by molar-refractivity contribution is 0.388. The first kappa shape index (κ1) is 12.4. The van der Waals surface area contributed by atoms with Crippen molar-refractivity contribution in [3.05, 3.63) is 5.89 Å². The molecule has 2 heterocycles. The minimum atomic E-state index is 0.128. The predicted octanol–water partition coefficient (Wildman–Crippen LogP) is 1.98. The number of nitrogens with zero attached hydrogens (tertiary/aromatic N) is 3. The molecule has 96 valence electrons. The van der Waals surface area contributed by atoms with Crippen LogP contribution in [0.15, 0.2) is 4.42 Å². The van der Waals surface area contributed by atoms with Crippen LogP contribution in [0.2, 0.25) is 0 Å². The third-order valence-electron chi connectivity index (χ3n) is 3.24. The highest BCUT2D eigenvalue weighted by Crippen LogP contribution is 2.23. The summed E-state index contributed by atoms with van der Waals surface area (Å²) in [6, 6.07) is 0.805. The zero-order valence-corrected chi connectivity index (χ0v) is 10.9. The molecule has 0 aromatic carbocycles. The molecular weight excluding hydrogens is 216 g/mol. The molecule has 0 radical (unpaired) electrons. The molecule has 2 rings (SSSR count). The largest absolute Gasteiger partial charge is 0.406 e. The lowest BCUT2D eigenvalue weighted by Gasteiger charge is -2.29. The standard InChI is InChI=1S/C12H22N4O/c1-4-13-10(3)11-14-15-12(17-11)16-7-5-6-9(2)8-16/h9-10,13H,4-8H2,1-3H3. The Kier molecular flexibility index (Phi) is 3.99. The highest BCUT2D eigenvalue weighted by Gasteiger charge is 2.22. The third-order valence-corrected chi connectivity index (χ3v) is 3.24. The van der Waals surface area contributed by atoms with Gasteiger partial charge in [-0.15, -0.1) is 5.10 Å². The molecule has 5 heteroatoms. The van der Waals surface area contributed by atoms with Gasteiger partial charge >= 0.3 is 6.01 Å². The fraction of sp³-hybridized carbons (Fsp3) is 0.833. The van der Waals surface area contributed by atoms with E-state index in [1.165, 1.54) is 12.8 Å². The Balaban J connectivity index is 2.02. The van der Waals surface area contributed by atoms with Crippen LogP contribution in [0.1, 0.15) is 45.5 Å². The molecule has 1 aliphatic rings. The summed E-state index contributed by atoms with van der Waals surface area (Å²) in [5.41, 5.74) is 0. The minimum absolute atomic E-state index is 0.128. The number of hydrogen-bond donors (Lipinski definition) is 1. The number of nitrogens with one attached hydrogen (secondary N) is 1. The van der Waals surface area contributed by atoms with Gasteiger partial charge in [0.05, 0.1) is 6.04 Å². The van der Waals surface area contributed by atoms with Crippen LogP contribution in [-0.2, 0) is 0 Å². The first-order valence-corrected chi connectivity index (χ1v) is 6.52. The minimum Gasteiger partial charge on any atom is -0.406 e. The zero-order valence-electron chi connectivity index (χ0n) is 10.9. The van der Waals surface area contributed by atoms with E-state index >= 15 is 0 Å². The summed E-state index contributed by atoms with van der Waals surface area (Å²) >= 11 is 0. The zero-order chi connectivity index (χ0) is 12.3. The van der Waals surface area contributed by atoms with Gasteiger partial charge < -0.3 is 14.6 Å². The predicted molar refractivity (Wildman–Crippen MR) is 67.0 cm³/mol. The highest BCUT2D eigenvalue weighted by molar-refractivity contribution is 5.25. The summed E-state index contributed by atoms with van der Waals surface area (Å²) in [6.45, 7) is 9.34. The fourth-order valence-electron chi connectivity index (χ4n) is 2.29. The second-order valence-electron chi connectivity index (χ2n) is 4.90. The van der Waals surface area contributed by atoms with Crippen LogP contribution >= 0.6 is 0 Å². The van der Waals surface area contributed by atoms with E-state index in [1.807, 2.05) is 6.92 Å². The fourth-order valence-corrected chi connectivity index (χ4v) is 2.29. The molecule has 1 N–H and O–H groups in total. The van der Waals surface area contributed by atoms with Gasteiger partial charge in [-0.25, -0.2) is 0 Å². The van der Waals surface area contributed by atoms with Crippen molar-refractivity contribution >= 4 is 6.01 Å². The van der Waals surface area contributed by atoms with E-state index in [0.29, 0.717) is 17.8 Å². The quantitative estimate of drug-likeness (QED) is 0.869. The smallest absolute Gasteiger partial charge is 0.318 e. The van der Waals surface area contributed by atoms with Gasteiger partial charge in [0.2, 0.25) is 5.89 Å². The molecule has 1 saturated heterocycles. The molecule has 2 unspecified atom stereocenters. The summed E-state index contributed by atoms with van der Waals surface area (Å²) in [5.74, 6) is 1.39. The normalized spacial score (nSPS) is 22.8. The summed E-state index contributed by atoms with van der Waals surface area (Å²) in [5, 5.41) is 11.5. The van der Waals surface area contributed by atoms with Gasteiger partial charge in [0.1, 0.15) is 0 Å². The molecule has 1 fully saturated rings. The Morgan fingerprint density at radius 2 is 2.35 bits per heavy atom. The molecule has 5 nitrogen and oxygen atoms in total. The van der Waals surface area contributed by atoms with E-state index in [9.17, 15) is 0 Å². The average Bonchev–Trinajstić information content (AvgIpc) is 2.78. The van der Waals surface area contributed by atoms with E-state index in [0.717, 1.165) is 19.6 Å². The molecular formula is C12H22N4O. The van der Waals surface area contributed by atoms with Crippen molar-refractivity contribution < 1.29 is 4.42 Å². The van der Waals surface area contributed by atoms with Crippen molar-refractivity contribution in [2.75, 3.05) is 24.5 Å². The van der Waals surface area contributed by atoms with Crippen LogP contribution in [0.25, 0.3) is 0 Å². The van der Waals surface area contributed by atoms with E-state index < -0.39 is 0 Å². The Morgan fingerprint density at radius 3 is 3.06 bits per heavy atom. The Bertz CT molecular complexity index is 352. The van der Waals surface area contributed by atoms with E-state index in [1.54, 1.807) is 0 Å². The number of rotatable bonds is 4. The molecule has 0 bridgehead atoms. The maximum Gasteiger partial charge on any atom is 0.318 e. The van der Waals surface area contributed by atoms with Gasteiger partial charge in [-0.2, -0.15) is 0 Å². The second-order valence-corrected chi connectivity index (χ2v) is 4.90. The molecule has 0 saturated carbocycles. The maximum absolute atomic E-state index is 5.73. The van der Waals surface area contributed by atoms with Gasteiger partial charge in [0, 0.05) is 13.1 Å². The first-order valence-electron chi connectivity index (χ1n) is 6.52. The molecule has 17 heavy (non-hydrogen) atoms. The van der Waals surface area contributed by atoms with Crippen LogP contribution in [-0.4, -0.2) is 29.8 Å². The van der Waals surface area contributed by atoms with Gasteiger partial charge in [0.15, 0.2) is 0 Å². The summed E-state index contributed by atoms with van der Waals surface area (Å²) in [6.07, 6.45) is 2.51. The molecule has 0 amide bonds. The van der Waals surface area contributed by atoms with Crippen LogP contribution in [0.5, 0.6) is 0 Å². The summed E-state index contributed by atoms with van der Waals surface area (Å²) in [4.78, 5) is 2.20. The van der Waals surface area contributed by atoms with Crippen molar-refractivity contribution in [3.8, 4) is 0 Å². The van der Waals surface area contributed by atoms with Crippen molar-refractivity contribution in [2.24, 2.45) is 5.92 Å². The molecule has 1 aromatic heterocycles. The lowest BCUT2D eigenvalue weighted by atomic mass is 10.0. The number of aromatic nitrogens is 2. The Hall–Kier alpha value is -1.10. The molecule has 0 spiro atoms. The molecule has 2 atom stereocenters. The van der Waals surface area contributed by atoms with Gasteiger partial charge in [0.25, 0.3) is 0 Å². The van der Waals surface area contributed by atoms with Crippen molar-refractivity contribution in [1.29, 1.82) is 0 Å². The van der Waals surface area contributed by atoms with Gasteiger partial charge in [-0.3, -0.25) is 0 Å². The Morgan fingerprint density at radius 1 is 1.53 bits per heavy atom. The van der Waals surface area contributed by atoms with Gasteiger partial charge in [-0.1, -0.05) is 18.9 Å². The van der Waals surface area contributed by atoms with E-state index in [2.05, 4.69) is 34.3 Å². The van der Waals surface area contributed by atoms with E-state index in [4.69, 9.17) is 4.42 Å². The van der Waals surface area contributed by atoms with Crippen molar-refractivity contribution in [1.82, 2.24) is 15.5 Å². The van der Waals surface area contributed by atoms with Crippen molar-refractivity contribution in [3.63, 3.8) is 0 Å². The van der Waals surface area contributed by atoms with Crippen LogP contribution < -0.4 is 10.2 Å². The third kappa shape index (κ3) is 2.97. The number of hydrogen-bond acceptors (Lipinski definition) is 5. The van der Waals surface area contributed by atoms with Crippen LogP contribution in [0.3, 0.4) is 0 Å². The summed E-state index contributed by atoms with van der Waals surface area (Å²) in [7, 11) is 0. The van der Waals surface area contributed by atoms with Crippen LogP contribution in [0, 0.1) is 5.92 Å². The SMILES string of the molecule is CCNC(C)c1nnc(N2CCCC(C)C2)o1. The van der Waals surface area contributed by atoms with Gasteiger partial charge in [-0.05, 0) is 32.2 Å². The Labute approximate surface area is 103 Å². The highest BCUT2D eigenvalue weighted by atomic mass is 16.4. The monoisotopic (exact) mass is 238 g/mol. The molecule has 0 aliphatic carbocycles. The molecule has 1 aliphatic heterocycles. The average molecular weight is 238 g/mol.